The molecule has 0 saturated heterocycles. The highest BCUT2D eigenvalue weighted by Crippen LogP contribution is 2.27. The predicted octanol–water partition coefficient (Wildman–Crippen LogP) is 2.84. The first kappa shape index (κ1) is 14.5. The van der Waals surface area contributed by atoms with Crippen LogP contribution in [0.15, 0.2) is 42.5 Å². The van der Waals surface area contributed by atoms with E-state index in [-0.39, 0.29) is 17.0 Å². The minimum absolute atomic E-state index is 0.131. The van der Waals surface area contributed by atoms with E-state index in [2.05, 4.69) is 0 Å². The summed E-state index contributed by atoms with van der Waals surface area (Å²) in [5.74, 6) is 0.562. The third-order valence-electron chi connectivity index (χ3n) is 2.97. The molecule has 2 rings (SSSR count). The maximum atomic E-state index is 12.5. The van der Waals surface area contributed by atoms with Gasteiger partial charge in [-0.15, -0.1) is 0 Å². The first-order valence-electron chi connectivity index (χ1n) is 6.08. The molecule has 0 unspecified atom stereocenters. The van der Waals surface area contributed by atoms with Crippen LogP contribution in [0.3, 0.4) is 0 Å². The van der Waals surface area contributed by atoms with Gasteiger partial charge in [0.15, 0.2) is 5.78 Å². The van der Waals surface area contributed by atoms with Crippen LogP contribution >= 0.6 is 0 Å². The third-order valence-corrected chi connectivity index (χ3v) is 2.97. The summed E-state index contributed by atoms with van der Waals surface area (Å²) in [4.78, 5) is 22.7. The number of carbonyl (C=O) groups is 1. The van der Waals surface area contributed by atoms with Gasteiger partial charge in [0, 0.05) is 23.8 Å². The molecule has 0 N–H and O–H groups in total. The maximum absolute atomic E-state index is 12.5. The van der Waals surface area contributed by atoms with Crippen LogP contribution in [0.5, 0.6) is 11.5 Å². The molecule has 0 radical (unpaired) electrons. The number of hydrogen-bond donors (Lipinski definition) is 0. The molecule has 6 heteroatoms. The average Bonchev–Trinajstić information content (AvgIpc) is 2.53. The Labute approximate surface area is 121 Å². The Hall–Kier alpha value is -2.89. The van der Waals surface area contributed by atoms with E-state index >= 15 is 0 Å². The van der Waals surface area contributed by atoms with E-state index in [0.29, 0.717) is 17.1 Å². The SMILES string of the molecule is COc1ccc(C(=O)c2cccc([N+](=O)[O-])c2)c(OC)c1. The zero-order valence-electron chi connectivity index (χ0n) is 11.5. The van der Waals surface area contributed by atoms with Gasteiger partial charge in [0.25, 0.3) is 5.69 Å². The predicted molar refractivity (Wildman–Crippen MR) is 76.1 cm³/mol. The standard InChI is InChI=1S/C15H13NO5/c1-20-12-6-7-13(14(9-12)21-2)15(17)10-4-3-5-11(8-10)16(18)19/h3-9H,1-2H3. The molecule has 2 aromatic rings. The molecule has 0 aliphatic carbocycles. The van der Waals surface area contributed by atoms with Crippen molar-refractivity contribution in [2.45, 2.75) is 0 Å². The summed E-state index contributed by atoms with van der Waals surface area (Å²) in [5.41, 5.74) is 0.416. The number of ketones is 1. The number of carbonyl (C=O) groups excluding carboxylic acids is 1. The van der Waals surface area contributed by atoms with Crippen LogP contribution in [0, 0.1) is 10.1 Å². The van der Waals surface area contributed by atoms with Gasteiger partial charge in [0.05, 0.1) is 24.7 Å². The maximum Gasteiger partial charge on any atom is 0.270 e. The summed E-state index contributed by atoms with van der Waals surface area (Å²) in [6.07, 6.45) is 0. The Morgan fingerprint density at radius 2 is 1.86 bits per heavy atom. The lowest BCUT2D eigenvalue weighted by molar-refractivity contribution is -0.384. The number of benzene rings is 2. The van der Waals surface area contributed by atoms with E-state index in [1.807, 2.05) is 0 Å². The second-order valence-corrected chi connectivity index (χ2v) is 4.20. The topological polar surface area (TPSA) is 78.7 Å². The average molecular weight is 287 g/mol. The molecule has 0 saturated carbocycles. The van der Waals surface area contributed by atoms with Gasteiger partial charge >= 0.3 is 0 Å². The normalized spacial score (nSPS) is 10.0. The third kappa shape index (κ3) is 3.00. The van der Waals surface area contributed by atoms with E-state index in [4.69, 9.17) is 9.47 Å². The molecular formula is C15H13NO5. The molecule has 0 spiro atoms. The Bertz CT molecular complexity index is 696. The van der Waals surface area contributed by atoms with Crippen LogP contribution in [-0.4, -0.2) is 24.9 Å². The number of rotatable bonds is 5. The molecule has 0 atom stereocenters. The zero-order chi connectivity index (χ0) is 15.4. The van der Waals surface area contributed by atoms with E-state index < -0.39 is 4.92 Å². The van der Waals surface area contributed by atoms with Crippen molar-refractivity contribution in [2.75, 3.05) is 14.2 Å². The molecule has 0 amide bonds. The summed E-state index contributed by atoms with van der Waals surface area (Å²) in [6.45, 7) is 0. The summed E-state index contributed by atoms with van der Waals surface area (Å²) in [7, 11) is 2.95. The number of ether oxygens (including phenoxy) is 2. The summed E-state index contributed by atoms with van der Waals surface area (Å²) >= 11 is 0. The monoisotopic (exact) mass is 287 g/mol. The van der Waals surface area contributed by atoms with Gasteiger partial charge in [-0.2, -0.15) is 0 Å². The van der Waals surface area contributed by atoms with Gasteiger partial charge in [-0.05, 0) is 12.1 Å². The minimum Gasteiger partial charge on any atom is -0.497 e. The number of nitro groups is 1. The van der Waals surface area contributed by atoms with Crippen molar-refractivity contribution in [2.24, 2.45) is 0 Å². The molecule has 21 heavy (non-hydrogen) atoms. The molecule has 0 aliphatic heterocycles. The largest absolute Gasteiger partial charge is 0.497 e. The fourth-order valence-corrected chi connectivity index (χ4v) is 1.90. The van der Waals surface area contributed by atoms with Crippen molar-refractivity contribution in [3.05, 3.63) is 63.7 Å². The Balaban J connectivity index is 2.44. The molecule has 2 aromatic carbocycles. The van der Waals surface area contributed by atoms with Gasteiger partial charge in [-0.25, -0.2) is 0 Å². The van der Waals surface area contributed by atoms with Gasteiger partial charge in [-0.1, -0.05) is 12.1 Å². The minimum atomic E-state index is -0.540. The fourth-order valence-electron chi connectivity index (χ4n) is 1.90. The number of methoxy groups -OCH3 is 2. The van der Waals surface area contributed by atoms with Crippen molar-refractivity contribution in [3.63, 3.8) is 0 Å². The smallest absolute Gasteiger partial charge is 0.270 e. The first-order chi connectivity index (χ1) is 10.1. The van der Waals surface area contributed by atoms with Crippen molar-refractivity contribution in [1.82, 2.24) is 0 Å². The van der Waals surface area contributed by atoms with Crippen LogP contribution in [-0.2, 0) is 0 Å². The molecule has 6 nitrogen and oxygen atoms in total. The van der Waals surface area contributed by atoms with Crippen LogP contribution in [0.2, 0.25) is 0 Å². The highest BCUT2D eigenvalue weighted by atomic mass is 16.6. The molecular weight excluding hydrogens is 274 g/mol. The van der Waals surface area contributed by atoms with E-state index in [1.165, 1.54) is 38.5 Å². The second kappa shape index (κ2) is 6.04. The van der Waals surface area contributed by atoms with Crippen LogP contribution in [0.4, 0.5) is 5.69 Å². The molecule has 0 aliphatic rings. The second-order valence-electron chi connectivity index (χ2n) is 4.20. The van der Waals surface area contributed by atoms with Crippen molar-refractivity contribution < 1.29 is 19.2 Å². The quantitative estimate of drug-likeness (QED) is 0.480. The lowest BCUT2D eigenvalue weighted by Gasteiger charge is -2.09. The highest BCUT2D eigenvalue weighted by molar-refractivity contribution is 6.11. The van der Waals surface area contributed by atoms with Gasteiger partial charge in [0.1, 0.15) is 11.5 Å². The Kier molecular flexibility index (Phi) is 4.18. The van der Waals surface area contributed by atoms with E-state index in [9.17, 15) is 14.9 Å². The molecule has 0 aromatic heterocycles. The first-order valence-corrected chi connectivity index (χ1v) is 6.08. The zero-order valence-corrected chi connectivity index (χ0v) is 11.5. The van der Waals surface area contributed by atoms with Crippen LogP contribution in [0.1, 0.15) is 15.9 Å². The highest BCUT2D eigenvalue weighted by Gasteiger charge is 2.17. The van der Waals surface area contributed by atoms with Crippen LogP contribution in [0.25, 0.3) is 0 Å². The van der Waals surface area contributed by atoms with Gasteiger partial charge in [0.2, 0.25) is 0 Å². The number of non-ortho nitro benzene ring substituents is 1. The summed E-state index contributed by atoms with van der Waals surface area (Å²) < 4.78 is 10.2. The molecule has 108 valence electrons. The number of nitrogens with zero attached hydrogens (tertiary/aromatic N) is 1. The Morgan fingerprint density at radius 1 is 1.10 bits per heavy atom. The van der Waals surface area contributed by atoms with E-state index in [0.717, 1.165) is 0 Å². The lowest BCUT2D eigenvalue weighted by Crippen LogP contribution is -2.05. The molecule has 0 bridgehead atoms. The van der Waals surface area contributed by atoms with Crippen LogP contribution < -0.4 is 9.47 Å². The van der Waals surface area contributed by atoms with Crippen molar-refractivity contribution >= 4 is 11.5 Å². The van der Waals surface area contributed by atoms with Crippen molar-refractivity contribution in [3.8, 4) is 11.5 Å². The Morgan fingerprint density at radius 3 is 2.48 bits per heavy atom. The van der Waals surface area contributed by atoms with Gasteiger partial charge in [-0.3, -0.25) is 14.9 Å². The lowest BCUT2D eigenvalue weighted by atomic mass is 10.0. The summed E-state index contributed by atoms with van der Waals surface area (Å²) in [6, 6.07) is 10.4. The number of hydrogen-bond acceptors (Lipinski definition) is 5. The van der Waals surface area contributed by atoms with Gasteiger partial charge < -0.3 is 9.47 Å². The van der Waals surface area contributed by atoms with Crippen molar-refractivity contribution in [1.29, 1.82) is 0 Å². The number of nitro benzene ring substituents is 1. The molecule has 0 heterocycles. The fraction of sp³-hybridized carbons (Fsp3) is 0.133. The molecule has 0 fully saturated rings. The van der Waals surface area contributed by atoms with E-state index in [1.54, 1.807) is 18.2 Å². The summed E-state index contributed by atoms with van der Waals surface area (Å²) in [5, 5.41) is 10.8.